The van der Waals surface area contributed by atoms with Crippen LogP contribution in [-0.4, -0.2) is 6.21 Å². The van der Waals surface area contributed by atoms with E-state index in [9.17, 15) is 0 Å². The molecule has 15 heavy (non-hydrogen) atoms. The van der Waals surface area contributed by atoms with Gasteiger partial charge in [-0.15, -0.1) is 0 Å². The molecule has 1 aliphatic heterocycles. The van der Waals surface area contributed by atoms with Gasteiger partial charge >= 0.3 is 0 Å². The van der Waals surface area contributed by atoms with E-state index in [1.807, 2.05) is 18.5 Å². The minimum Gasteiger partial charge on any atom is -0.264 e. The predicted octanol–water partition coefficient (Wildman–Crippen LogP) is 3.53. The Bertz CT molecular complexity index is 410. The third-order valence-electron chi connectivity index (χ3n) is 2.47. The van der Waals surface area contributed by atoms with Crippen molar-refractivity contribution in [1.82, 2.24) is 0 Å². The van der Waals surface area contributed by atoms with E-state index in [1.165, 1.54) is 16.7 Å². The molecule has 0 bridgehead atoms. The lowest BCUT2D eigenvalue weighted by molar-refractivity contribution is 1.16. The van der Waals surface area contributed by atoms with E-state index in [-0.39, 0.29) is 0 Å². The van der Waals surface area contributed by atoms with Gasteiger partial charge in [0.05, 0.1) is 0 Å². The summed E-state index contributed by atoms with van der Waals surface area (Å²) in [5.41, 5.74) is 3.96. The van der Waals surface area contributed by atoms with Crippen LogP contribution in [0.2, 0.25) is 0 Å². The summed E-state index contributed by atoms with van der Waals surface area (Å²) < 4.78 is 0. The molecule has 1 aromatic rings. The normalized spacial score (nSPS) is 15.5. The van der Waals surface area contributed by atoms with Crippen LogP contribution in [0.15, 0.2) is 58.7 Å². The lowest BCUT2D eigenvalue weighted by Crippen LogP contribution is -1.91. The number of benzene rings is 1. The first-order valence-electron chi connectivity index (χ1n) is 5.26. The van der Waals surface area contributed by atoms with Crippen molar-refractivity contribution >= 4 is 6.21 Å². The first kappa shape index (κ1) is 9.91. The van der Waals surface area contributed by atoms with Gasteiger partial charge in [0.2, 0.25) is 0 Å². The lowest BCUT2D eigenvalue weighted by Gasteiger charge is -2.00. The Morgan fingerprint density at radius 3 is 2.80 bits per heavy atom. The van der Waals surface area contributed by atoms with Crippen LogP contribution in [-0.2, 0) is 6.42 Å². The molecule has 0 fully saturated rings. The van der Waals surface area contributed by atoms with Crippen LogP contribution in [0, 0.1) is 0 Å². The molecule has 0 amide bonds. The second-order valence-corrected chi connectivity index (χ2v) is 3.90. The van der Waals surface area contributed by atoms with Gasteiger partial charge < -0.3 is 0 Å². The van der Waals surface area contributed by atoms with Gasteiger partial charge in [-0.05, 0) is 30.9 Å². The zero-order chi connectivity index (χ0) is 10.5. The van der Waals surface area contributed by atoms with Crippen LogP contribution in [0.5, 0.6) is 0 Å². The molecule has 1 aromatic carbocycles. The van der Waals surface area contributed by atoms with E-state index in [4.69, 9.17) is 0 Å². The summed E-state index contributed by atoms with van der Waals surface area (Å²) in [5.74, 6) is 0. The third kappa shape index (κ3) is 2.91. The van der Waals surface area contributed by atoms with Gasteiger partial charge in [0.1, 0.15) is 0 Å². The van der Waals surface area contributed by atoms with Gasteiger partial charge in [0, 0.05) is 12.4 Å². The average molecular weight is 197 g/mol. The second-order valence-electron chi connectivity index (χ2n) is 3.90. The molecule has 1 heteroatoms. The molecule has 1 heterocycles. The summed E-state index contributed by atoms with van der Waals surface area (Å²) in [7, 11) is 0. The fourth-order valence-electron chi connectivity index (χ4n) is 1.61. The smallest absolute Gasteiger partial charge is 0.0300 e. The van der Waals surface area contributed by atoms with E-state index in [1.54, 1.807) is 0 Å². The van der Waals surface area contributed by atoms with Gasteiger partial charge in [-0.25, -0.2) is 0 Å². The molecule has 0 unspecified atom stereocenters. The van der Waals surface area contributed by atoms with Crippen LogP contribution in [0.4, 0.5) is 0 Å². The van der Waals surface area contributed by atoms with Gasteiger partial charge in [0.25, 0.3) is 0 Å². The maximum atomic E-state index is 4.27. The molecule has 0 atom stereocenters. The Hall–Kier alpha value is -1.63. The number of aliphatic imine (C=N–C) groups is 1. The van der Waals surface area contributed by atoms with Crippen molar-refractivity contribution in [3.05, 3.63) is 59.3 Å². The van der Waals surface area contributed by atoms with Crippen molar-refractivity contribution in [2.24, 2.45) is 4.99 Å². The summed E-state index contributed by atoms with van der Waals surface area (Å²) in [5, 5.41) is 0. The topological polar surface area (TPSA) is 12.4 Å². The molecule has 0 saturated heterocycles. The third-order valence-corrected chi connectivity index (χ3v) is 2.47. The molecular formula is C14H15N. The minimum atomic E-state index is 0.978. The van der Waals surface area contributed by atoms with Crippen molar-refractivity contribution in [2.45, 2.75) is 19.8 Å². The van der Waals surface area contributed by atoms with Crippen LogP contribution < -0.4 is 0 Å². The molecule has 0 aromatic heterocycles. The first-order valence-corrected chi connectivity index (χ1v) is 5.26. The maximum Gasteiger partial charge on any atom is 0.0300 e. The maximum absolute atomic E-state index is 4.27. The molecular weight excluding hydrogens is 182 g/mol. The summed E-state index contributed by atoms with van der Waals surface area (Å²) in [6, 6.07) is 10.5. The Morgan fingerprint density at radius 1 is 1.20 bits per heavy atom. The predicted molar refractivity (Wildman–Crippen MR) is 65.1 cm³/mol. The quantitative estimate of drug-likeness (QED) is 0.687. The van der Waals surface area contributed by atoms with Crippen LogP contribution in [0.25, 0.3) is 0 Å². The van der Waals surface area contributed by atoms with Gasteiger partial charge in [0.15, 0.2) is 0 Å². The van der Waals surface area contributed by atoms with Crippen LogP contribution >= 0.6 is 0 Å². The Kier molecular flexibility index (Phi) is 3.13. The molecule has 0 spiro atoms. The highest BCUT2D eigenvalue weighted by Gasteiger charge is 1.99. The van der Waals surface area contributed by atoms with E-state index in [2.05, 4.69) is 42.3 Å². The molecule has 0 radical (unpaired) electrons. The summed E-state index contributed by atoms with van der Waals surface area (Å²) in [6.07, 6.45) is 8.15. The minimum absolute atomic E-state index is 0.978. The van der Waals surface area contributed by atoms with E-state index < -0.39 is 0 Å². The first-order chi connectivity index (χ1) is 7.34. The van der Waals surface area contributed by atoms with Crippen molar-refractivity contribution in [2.75, 3.05) is 0 Å². The molecule has 0 aliphatic carbocycles. The zero-order valence-corrected chi connectivity index (χ0v) is 8.98. The molecule has 76 valence electrons. The fourth-order valence-corrected chi connectivity index (χ4v) is 1.61. The molecule has 0 N–H and O–H groups in total. The van der Waals surface area contributed by atoms with Crippen molar-refractivity contribution in [3.63, 3.8) is 0 Å². The Morgan fingerprint density at radius 2 is 2.00 bits per heavy atom. The van der Waals surface area contributed by atoms with Crippen molar-refractivity contribution in [3.8, 4) is 0 Å². The largest absolute Gasteiger partial charge is 0.264 e. The van der Waals surface area contributed by atoms with Crippen molar-refractivity contribution < 1.29 is 0 Å². The summed E-state index contributed by atoms with van der Waals surface area (Å²) in [4.78, 5) is 4.27. The number of hydrogen-bond donors (Lipinski definition) is 0. The molecule has 1 aliphatic rings. The Labute approximate surface area is 90.9 Å². The summed E-state index contributed by atoms with van der Waals surface area (Å²) in [6.45, 7) is 2.11. The second kappa shape index (κ2) is 4.74. The number of allylic oxidation sites excluding steroid dienone is 3. The van der Waals surface area contributed by atoms with E-state index in [0.29, 0.717) is 0 Å². The van der Waals surface area contributed by atoms with Crippen LogP contribution in [0.3, 0.4) is 0 Å². The van der Waals surface area contributed by atoms with Crippen molar-refractivity contribution in [1.29, 1.82) is 0 Å². The fraction of sp³-hybridized carbons (Fsp3) is 0.214. The van der Waals surface area contributed by atoms with E-state index >= 15 is 0 Å². The van der Waals surface area contributed by atoms with Crippen LogP contribution in [0.1, 0.15) is 18.9 Å². The standard InChI is InChI=1S/C14H15N/c1-12-7-8-14(11-15-10-12)9-13-5-3-2-4-6-13/h2-6,8,10-11H,7,9H2,1H3. The SMILES string of the molecule is CC1=CN=CC(Cc2ccccc2)=CC1. The Balaban J connectivity index is 2.08. The highest BCUT2D eigenvalue weighted by atomic mass is 14.7. The average Bonchev–Trinajstić information content (AvgIpc) is 2.46. The molecule has 1 nitrogen and oxygen atoms in total. The molecule has 0 saturated carbocycles. The number of nitrogens with zero attached hydrogens (tertiary/aromatic N) is 1. The number of rotatable bonds is 2. The van der Waals surface area contributed by atoms with E-state index in [0.717, 1.165) is 12.8 Å². The van der Waals surface area contributed by atoms with Gasteiger partial charge in [-0.1, -0.05) is 42.0 Å². The lowest BCUT2D eigenvalue weighted by atomic mass is 10.0. The van der Waals surface area contributed by atoms with Gasteiger partial charge in [-0.2, -0.15) is 0 Å². The highest BCUT2D eigenvalue weighted by molar-refractivity contribution is 5.80. The number of hydrogen-bond acceptors (Lipinski definition) is 1. The van der Waals surface area contributed by atoms with Gasteiger partial charge in [-0.3, -0.25) is 4.99 Å². The molecule has 2 rings (SSSR count). The highest BCUT2D eigenvalue weighted by Crippen LogP contribution is 2.12. The monoisotopic (exact) mass is 197 g/mol. The zero-order valence-electron chi connectivity index (χ0n) is 8.98. The summed E-state index contributed by atoms with van der Waals surface area (Å²) >= 11 is 0.